The fourth-order valence-corrected chi connectivity index (χ4v) is 3.24. The predicted molar refractivity (Wildman–Crippen MR) is 90.2 cm³/mol. The van der Waals surface area contributed by atoms with Gasteiger partial charge in [-0.3, -0.25) is 4.40 Å². The first-order chi connectivity index (χ1) is 9.49. The molecule has 0 saturated carbocycles. The van der Waals surface area contributed by atoms with Crippen LogP contribution in [0.2, 0.25) is 5.02 Å². The van der Waals surface area contributed by atoms with Gasteiger partial charge in [-0.1, -0.05) is 33.6 Å². The van der Waals surface area contributed by atoms with Gasteiger partial charge in [-0.05, 0) is 47.1 Å². The lowest BCUT2D eigenvalue weighted by molar-refractivity contribution is 1.09. The van der Waals surface area contributed by atoms with Crippen LogP contribution in [0.15, 0.2) is 39.3 Å². The molecule has 0 bridgehead atoms. The van der Waals surface area contributed by atoms with Gasteiger partial charge in [0.15, 0.2) is 0 Å². The van der Waals surface area contributed by atoms with E-state index in [0.717, 1.165) is 25.8 Å². The Morgan fingerprint density at radius 3 is 2.65 bits per heavy atom. The number of hydrogen-bond donors (Lipinski definition) is 1. The molecule has 3 rings (SSSR count). The highest BCUT2D eigenvalue weighted by Gasteiger charge is 2.16. The van der Waals surface area contributed by atoms with Gasteiger partial charge in [-0.25, -0.2) is 4.98 Å². The number of pyridine rings is 1. The van der Waals surface area contributed by atoms with Crippen molar-refractivity contribution in [2.45, 2.75) is 6.92 Å². The van der Waals surface area contributed by atoms with E-state index in [2.05, 4.69) is 36.8 Å². The smallest absolute Gasteiger partial charge is 0.139 e. The van der Waals surface area contributed by atoms with Crippen LogP contribution < -0.4 is 5.73 Å². The Morgan fingerprint density at radius 1 is 1.20 bits per heavy atom. The average Bonchev–Trinajstić information content (AvgIpc) is 2.72. The molecular weight excluding hydrogens is 405 g/mol. The zero-order chi connectivity index (χ0) is 14.4. The molecule has 0 atom stereocenters. The van der Waals surface area contributed by atoms with Crippen LogP contribution >= 0.6 is 43.5 Å². The van der Waals surface area contributed by atoms with E-state index in [4.69, 9.17) is 17.3 Å². The van der Waals surface area contributed by atoms with Gasteiger partial charge in [0.05, 0.1) is 5.02 Å². The summed E-state index contributed by atoms with van der Waals surface area (Å²) in [4.78, 5) is 4.59. The lowest BCUT2D eigenvalue weighted by atomic mass is 10.1. The summed E-state index contributed by atoms with van der Waals surface area (Å²) in [6.45, 7) is 1.99. The minimum Gasteiger partial charge on any atom is -0.383 e. The fourth-order valence-electron chi connectivity index (χ4n) is 2.17. The number of halogens is 3. The molecule has 0 fully saturated rings. The lowest BCUT2D eigenvalue weighted by Crippen LogP contribution is -1.98. The predicted octanol–water partition coefficient (Wildman–Crippen LogP) is 5.07. The molecule has 0 aliphatic carbocycles. The number of rotatable bonds is 1. The van der Waals surface area contributed by atoms with E-state index in [-0.39, 0.29) is 0 Å². The first kappa shape index (κ1) is 13.9. The summed E-state index contributed by atoms with van der Waals surface area (Å²) in [5, 5.41) is 0.617. The average molecular weight is 416 g/mol. The molecule has 102 valence electrons. The van der Waals surface area contributed by atoms with Crippen LogP contribution in [0.25, 0.3) is 16.9 Å². The van der Waals surface area contributed by atoms with E-state index in [1.165, 1.54) is 0 Å². The normalized spacial score (nSPS) is 11.2. The Morgan fingerprint density at radius 2 is 1.95 bits per heavy atom. The first-order valence-corrected chi connectivity index (χ1v) is 7.84. The lowest BCUT2D eigenvalue weighted by Gasteiger charge is -2.05. The van der Waals surface area contributed by atoms with Crippen molar-refractivity contribution < 1.29 is 0 Å². The molecule has 0 saturated heterocycles. The van der Waals surface area contributed by atoms with Crippen molar-refractivity contribution in [1.29, 1.82) is 0 Å². The summed E-state index contributed by atoms with van der Waals surface area (Å²) in [6.07, 6.45) is 0. The van der Waals surface area contributed by atoms with Crippen molar-refractivity contribution in [3.8, 4) is 11.3 Å². The van der Waals surface area contributed by atoms with Crippen molar-refractivity contribution in [2.24, 2.45) is 0 Å². The fraction of sp³-hybridized carbons (Fsp3) is 0.0714. The monoisotopic (exact) mass is 413 g/mol. The Kier molecular flexibility index (Phi) is 3.52. The Balaban J connectivity index is 2.32. The minimum atomic E-state index is 0.586. The summed E-state index contributed by atoms with van der Waals surface area (Å²) in [7, 11) is 0. The summed E-state index contributed by atoms with van der Waals surface area (Å²) >= 11 is 13.2. The Labute approximate surface area is 138 Å². The molecule has 20 heavy (non-hydrogen) atoms. The highest BCUT2D eigenvalue weighted by molar-refractivity contribution is 9.10. The molecule has 3 nitrogen and oxygen atoms in total. The molecule has 1 aromatic carbocycles. The van der Waals surface area contributed by atoms with Gasteiger partial charge in [-0.2, -0.15) is 0 Å². The Hall–Kier alpha value is -1.04. The number of fused-ring (bicyclic) bond motifs is 1. The third kappa shape index (κ3) is 2.14. The van der Waals surface area contributed by atoms with Crippen molar-refractivity contribution in [3.63, 3.8) is 0 Å². The molecule has 0 aliphatic rings. The number of nitrogen functional groups attached to an aromatic ring is 1. The van der Waals surface area contributed by atoms with Crippen LogP contribution in [0.5, 0.6) is 0 Å². The second-order valence-electron chi connectivity index (χ2n) is 4.43. The molecule has 2 heterocycles. The van der Waals surface area contributed by atoms with E-state index in [1.54, 1.807) is 0 Å². The third-order valence-corrected chi connectivity index (χ3v) is 4.83. The maximum atomic E-state index is 6.29. The first-order valence-electron chi connectivity index (χ1n) is 5.87. The molecule has 0 amide bonds. The number of anilines is 1. The van der Waals surface area contributed by atoms with Crippen LogP contribution in [0.3, 0.4) is 0 Å². The number of hydrogen-bond acceptors (Lipinski definition) is 2. The summed E-state index contributed by atoms with van der Waals surface area (Å²) < 4.78 is 3.83. The van der Waals surface area contributed by atoms with Crippen LogP contribution in [0.4, 0.5) is 5.82 Å². The van der Waals surface area contributed by atoms with Crippen molar-refractivity contribution in [3.05, 3.63) is 50.0 Å². The van der Waals surface area contributed by atoms with Crippen molar-refractivity contribution in [2.75, 3.05) is 5.73 Å². The summed E-state index contributed by atoms with van der Waals surface area (Å²) in [5.74, 6) is 0.586. The van der Waals surface area contributed by atoms with E-state index < -0.39 is 0 Å². The molecule has 6 heteroatoms. The quantitative estimate of drug-likeness (QED) is 0.603. The van der Waals surface area contributed by atoms with Gasteiger partial charge in [0.1, 0.15) is 17.2 Å². The molecule has 0 spiro atoms. The highest BCUT2D eigenvalue weighted by Crippen LogP contribution is 2.35. The highest BCUT2D eigenvalue weighted by atomic mass is 79.9. The van der Waals surface area contributed by atoms with Crippen LogP contribution in [0.1, 0.15) is 5.69 Å². The van der Waals surface area contributed by atoms with Crippen LogP contribution in [0, 0.1) is 6.92 Å². The number of nitrogens with two attached hydrogens (primary N) is 1. The number of nitrogens with zero attached hydrogens (tertiary/aromatic N) is 2. The van der Waals surface area contributed by atoms with Gasteiger partial charge in [0.25, 0.3) is 0 Å². The van der Waals surface area contributed by atoms with Crippen LogP contribution in [-0.2, 0) is 0 Å². The van der Waals surface area contributed by atoms with Crippen molar-refractivity contribution >= 4 is 54.9 Å². The van der Waals surface area contributed by atoms with E-state index in [0.29, 0.717) is 16.5 Å². The third-order valence-electron chi connectivity index (χ3n) is 3.19. The summed E-state index contributed by atoms with van der Waals surface area (Å²) in [5.41, 5.74) is 9.59. The number of aromatic nitrogens is 2. The van der Waals surface area contributed by atoms with Gasteiger partial charge in [0, 0.05) is 20.2 Å². The van der Waals surface area contributed by atoms with Gasteiger partial charge >= 0.3 is 0 Å². The van der Waals surface area contributed by atoms with E-state index in [9.17, 15) is 0 Å². The largest absolute Gasteiger partial charge is 0.383 e. The second-order valence-corrected chi connectivity index (χ2v) is 6.61. The minimum absolute atomic E-state index is 0.586. The van der Waals surface area contributed by atoms with E-state index in [1.807, 2.05) is 41.7 Å². The van der Waals surface area contributed by atoms with Crippen LogP contribution in [-0.4, -0.2) is 9.38 Å². The van der Waals surface area contributed by atoms with Crippen molar-refractivity contribution in [1.82, 2.24) is 9.38 Å². The standard InChI is InChI=1S/C14H10Br2ClN3/c1-7-10(16)4-5-12-19-13(14(18)20(7)12)9-3-2-8(15)6-11(9)17/h2-6H,18H2,1H3. The van der Waals surface area contributed by atoms with Gasteiger partial charge < -0.3 is 5.73 Å². The SMILES string of the molecule is Cc1c(Br)ccc2nc(-c3ccc(Br)cc3Cl)c(N)n12. The molecule has 2 N–H and O–H groups in total. The maximum Gasteiger partial charge on any atom is 0.139 e. The molecule has 2 aromatic heterocycles. The number of imidazole rings is 1. The van der Waals surface area contributed by atoms with E-state index >= 15 is 0 Å². The number of benzene rings is 1. The topological polar surface area (TPSA) is 43.3 Å². The second kappa shape index (κ2) is 5.06. The molecule has 0 radical (unpaired) electrons. The zero-order valence-corrected chi connectivity index (χ0v) is 14.4. The molecule has 0 aliphatic heterocycles. The van der Waals surface area contributed by atoms with Gasteiger partial charge in [-0.15, -0.1) is 0 Å². The zero-order valence-electron chi connectivity index (χ0n) is 10.5. The summed E-state index contributed by atoms with van der Waals surface area (Å²) in [6, 6.07) is 9.55. The maximum absolute atomic E-state index is 6.29. The molecular formula is C14H10Br2ClN3. The number of aryl methyl sites for hydroxylation is 1. The van der Waals surface area contributed by atoms with Gasteiger partial charge in [0.2, 0.25) is 0 Å². The Bertz CT molecular complexity index is 827. The molecule has 3 aromatic rings. The molecule has 0 unspecified atom stereocenters.